The lowest BCUT2D eigenvalue weighted by molar-refractivity contribution is 0.166. The van der Waals surface area contributed by atoms with Crippen LogP contribution < -0.4 is 5.32 Å². The second-order valence-corrected chi connectivity index (χ2v) is 5.05. The van der Waals surface area contributed by atoms with E-state index in [-0.39, 0.29) is 0 Å². The molecule has 2 nitrogen and oxygen atoms in total. The largest absolute Gasteiger partial charge is 0.317 e. The number of likely N-dealkylation sites (tertiary alicyclic amines) is 1. The van der Waals surface area contributed by atoms with Crippen molar-refractivity contribution in [1.82, 2.24) is 10.2 Å². The Balaban J connectivity index is 1.83. The Morgan fingerprint density at radius 3 is 2.57 bits per heavy atom. The molecule has 2 fully saturated rings. The number of hydrogen-bond donors (Lipinski definition) is 1. The number of nitrogens with zero attached hydrogens (tertiary/aromatic N) is 1. The van der Waals surface area contributed by atoms with E-state index >= 15 is 0 Å². The zero-order valence-corrected chi connectivity index (χ0v) is 9.47. The van der Waals surface area contributed by atoms with Crippen LogP contribution in [-0.4, -0.2) is 37.1 Å². The van der Waals surface area contributed by atoms with Crippen LogP contribution in [0.5, 0.6) is 0 Å². The van der Waals surface area contributed by atoms with Crippen LogP contribution in [0.25, 0.3) is 0 Å². The molecule has 0 saturated carbocycles. The molecule has 2 aliphatic heterocycles. The van der Waals surface area contributed by atoms with Gasteiger partial charge >= 0.3 is 0 Å². The van der Waals surface area contributed by atoms with Gasteiger partial charge in [0.1, 0.15) is 0 Å². The molecular formula is C12H24N2. The molecule has 14 heavy (non-hydrogen) atoms. The van der Waals surface area contributed by atoms with Gasteiger partial charge in [0, 0.05) is 6.04 Å². The normalized spacial score (nSPS) is 32.8. The predicted molar refractivity (Wildman–Crippen MR) is 60.5 cm³/mol. The van der Waals surface area contributed by atoms with Crippen LogP contribution >= 0.6 is 0 Å². The Hall–Kier alpha value is -0.0800. The van der Waals surface area contributed by atoms with Crippen molar-refractivity contribution in [2.24, 2.45) is 5.92 Å². The van der Waals surface area contributed by atoms with Gasteiger partial charge in [-0.2, -0.15) is 0 Å². The van der Waals surface area contributed by atoms with Gasteiger partial charge < -0.3 is 10.2 Å². The monoisotopic (exact) mass is 196 g/mol. The van der Waals surface area contributed by atoms with Crippen molar-refractivity contribution in [3.8, 4) is 0 Å². The minimum absolute atomic E-state index is 0.890. The van der Waals surface area contributed by atoms with E-state index < -0.39 is 0 Å². The highest BCUT2D eigenvalue weighted by Gasteiger charge is 2.22. The van der Waals surface area contributed by atoms with Crippen molar-refractivity contribution < 1.29 is 0 Å². The third-order valence-corrected chi connectivity index (χ3v) is 3.88. The first-order valence-corrected chi connectivity index (χ1v) is 6.31. The molecule has 0 radical (unpaired) electrons. The third-order valence-electron chi connectivity index (χ3n) is 3.88. The maximum atomic E-state index is 3.45. The van der Waals surface area contributed by atoms with Gasteiger partial charge in [-0.15, -0.1) is 0 Å². The summed E-state index contributed by atoms with van der Waals surface area (Å²) in [4.78, 5) is 2.75. The fourth-order valence-corrected chi connectivity index (χ4v) is 2.82. The number of rotatable bonds is 1. The number of piperidine rings is 1. The Morgan fingerprint density at radius 2 is 1.79 bits per heavy atom. The van der Waals surface area contributed by atoms with Gasteiger partial charge in [-0.3, -0.25) is 0 Å². The molecule has 0 aromatic heterocycles. The van der Waals surface area contributed by atoms with Gasteiger partial charge in [0.2, 0.25) is 0 Å². The van der Waals surface area contributed by atoms with Crippen molar-refractivity contribution in [3.05, 3.63) is 0 Å². The molecule has 0 amide bonds. The standard InChI is InChI=1S/C12H24N2/c1-11-3-2-9-14(10-6-11)12-4-7-13-8-5-12/h11-13H,2-10H2,1H3/t11-/m0/s1. The van der Waals surface area contributed by atoms with E-state index in [9.17, 15) is 0 Å². The molecule has 0 bridgehead atoms. The minimum atomic E-state index is 0.890. The van der Waals surface area contributed by atoms with E-state index in [1.165, 1.54) is 58.3 Å². The summed E-state index contributed by atoms with van der Waals surface area (Å²) >= 11 is 0. The predicted octanol–water partition coefficient (Wildman–Crippen LogP) is 1.86. The Morgan fingerprint density at radius 1 is 1.00 bits per heavy atom. The van der Waals surface area contributed by atoms with E-state index in [0.29, 0.717) is 0 Å². The van der Waals surface area contributed by atoms with Gasteiger partial charge in [-0.25, -0.2) is 0 Å². The Kier molecular flexibility index (Phi) is 3.82. The number of nitrogens with one attached hydrogen (secondary N) is 1. The molecule has 0 spiro atoms. The first-order valence-electron chi connectivity index (χ1n) is 6.31. The highest BCUT2D eigenvalue weighted by Crippen LogP contribution is 2.21. The van der Waals surface area contributed by atoms with Crippen LogP contribution in [0, 0.1) is 5.92 Å². The van der Waals surface area contributed by atoms with Gasteiger partial charge in [0.15, 0.2) is 0 Å². The summed E-state index contributed by atoms with van der Waals surface area (Å²) in [5.74, 6) is 0.960. The summed E-state index contributed by atoms with van der Waals surface area (Å²) in [6, 6.07) is 0.890. The lowest BCUT2D eigenvalue weighted by atomic mass is 10.0. The van der Waals surface area contributed by atoms with Gasteiger partial charge in [-0.1, -0.05) is 6.92 Å². The molecule has 0 aromatic carbocycles. The molecule has 1 atom stereocenters. The minimum Gasteiger partial charge on any atom is -0.317 e. The average Bonchev–Trinajstić information content (AvgIpc) is 2.44. The summed E-state index contributed by atoms with van der Waals surface area (Å²) in [6.45, 7) is 7.58. The lowest BCUT2D eigenvalue weighted by Crippen LogP contribution is -2.43. The van der Waals surface area contributed by atoms with Crippen LogP contribution in [-0.2, 0) is 0 Å². The van der Waals surface area contributed by atoms with E-state index in [1.54, 1.807) is 0 Å². The van der Waals surface area contributed by atoms with E-state index in [2.05, 4.69) is 17.1 Å². The van der Waals surface area contributed by atoms with Crippen molar-refractivity contribution in [2.45, 2.75) is 45.1 Å². The molecule has 2 rings (SSSR count). The fourth-order valence-electron chi connectivity index (χ4n) is 2.82. The fraction of sp³-hybridized carbons (Fsp3) is 1.00. The summed E-state index contributed by atoms with van der Waals surface area (Å²) in [5, 5.41) is 3.45. The summed E-state index contributed by atoms with van der Waals surface area (Å²) in [7, 11) is 0. The molecular weight excluding hydrogens is 172 g/mol. The van der Waals surface area contributed by atoms with Gasteiger partial charge in [0.05, 0.1) is 0 Å². The molecule has 0 unspecified atom stereocenters. The third kappa shape index (κ3) is 2.71. The smallest absolute Gasteiger partial charge is 0.0119 e. The van der Waals surface area contributed by atoms with E-state index in [0.717, 1.165) is 12.0 Å². The highest BCUT2D eigenvalue weighted by molar-refractivity contribution is 4.79. The van der Waals surface area contributed by atoms with Crippen LogP contribution in [0.15, 0.2) is 0 Å². The first-order chi connectivity index (χ1) is 6.86. The molecule has 2 aliphatic rings. The molecule has 0 aromatic rings. The summed E-state index contributed by atoms with van der Waals surface area (Å²) in [5.41, 5.74) is 0. The summed E-state index contributed by atoms with van der Waals surface area (Å²) < 4.78 is 0. The first kappa shape index (κ1) is 10.4. The topological polar surface area (TPSA) is 15.3 Å². The van der Waals surface area contributed by atoms with Crippen LogP contribution in [0.3, 0.4) is 0 Å². The highest BCUT2D eigenvalue weighted by atomic mass is 15.2. The Bertz CT molecular complexity index is 164. The van der Waals surface area contributed by atoms with Crippen LogP contribution in [0.4, 0.5) is 0 Å². The van der Waals surface area contributed by atoms with Gasteiger partial charge in [-0.05, 0) is 64.2 Å². The second kappa shape index (κ2) is 5.13. The lowest BCUT2D eigenvalue weighted by Gasteiger charge is -2.33. The maximum absolute atomic E-state index is 3.45. The summed E-state index contributed by atoms with van der Waals surface area (Å²) in [6.07, 6.45) is 7.03. The van der Waals surface area contributed by atoms with Gasteiger partial charge in [0.25, 0.3) is 0 Å². The van der Waals surface area contributed by atoms with Crippen LogP contribution in [0.1, 0.15) is 39.0 Å². The molecule has 82 valence electrons. The average molecular weight is 196 g/mol. The number of hydrogen-bond acceptors (Lipinski definition) is 2. The van der Waals surface area contributed by atoms with Crippen LogP contribution in [0.2, 0.25) is 0 Å². The van der Waals surface area contributed by atoms with Crippen molar-refractivity contribution >= 4 is 0 Å². The zero-order valence-electron chi connectivity index (χ0n) is 9.47. The zero-order chi connectivity index (χ0) is 9.80. The maximum Gasteiger partial charge on any atom is 0.0119 e. The molecule has 2 heteroatoms. The van der Waals surface area contributed by atoms with E-state index in [1.807, 2.05) is 0 Å². The quantitative estimate of drug-likeness (QED) is 0.688. The van der Waals surface area contributed by atoms with Crippen molar-refractivity contribution in [3.63, 3.8) is 0 Å². The Labute approximate surface area is 88.1 Å². The SMILES string of the molecule is C[C@H]1CCCN(C2CCNCC2)CC1. The van der Waals surface area contributed by atoms with Crippen molar-refractivity contribution in [2.75, 3.05) is 26.2 Å². The van der Waals surface area contributed by atoms with E-state index in [4.69, 9.17) is 0 Å². The molecule has 2 saturated heterocycles. The molecule has 2 heterocycles. The van der Waals surface area contributed by atoms with Crippen molar-refractivity contribution in [1.29, 1.82) is 0 Å². The second-order valence-electron chi connectivity index (χ2n) is 5.05. The molecule has 0 aliphatic carbocycles. The molecule has 1 N–H and O–H groups in total.